The van der Waals surface area contributed by atoms with Crippen LogP contribution in [0, 0.1) is 13.8 Å². The lowest BCUT2D eigenvalue weighted by atomic mass is 10.2. The van der Waals surface area contributed by atoms with Gasteiger partial charge < -0.3 is 9.84 Å². The molecule has 1 aromatic carbocycles. The van der Waals surface area contributed by atoms with E-state index >= 15 is 0 Å². The SMILES string of the molecule is Cc1ccc([S@@](=O)OCC(=O)Nc2cc(C)on2)cc1. The van der Waals surface area contributed by atoms with Crippen molar-refractivity contribution in [1.82, 2.24) is 5.16 Å². The molecule has 1 heterocycles. The van der Waals surface area contributed by atoms with E-state index < -0.39 is 17.0 Å². The topological polar surface area (TPSA) is 81.4 Å². The molecular formula is C13H14N2O4S. The van der Waals surface area contributed by atoms with E-state index in [4.69, 9.17) is 8.71 Å². The fourth-order valence-corrected chi connectivity index (χ4v) is 2.14. The Balaban J connectivity index is 1.84. The van der Waals surface area contributed by atoms with Crippen LogP contribution in [-0.2, 0) is 20.1 Å². The van der Waals surface area contributed by atoms with Gasteiger partial charge in [0, 0.05) is 6.07 Å². The molecule has 0 radical (unpaired) electrons. The van der Waals surface area contributed by atoms with Gasteiger partial charge >= 0.3 is 0 Å². The first-order valence-corrected chi connectivity index (χ1v) is 6.97. The average Bonchev–Trinajstić information content (AvgIpc) is 2.82. The molecule has 1 N–H and O–H groups in total. The summed E-state index contributed by atoms with van der Waals surface area (Å²) in [6.07, 6.45) is 0. The van der Waals surface area contributed by atoms with Crippen molar-refractivity contribution in [2.45, 2.75) is 18.7 Å². The molecule has 0 fully saturated rings. The van der Waals surface area contributed by atoms with Gasteiger partial charge in [0.1, 0.15) is 12.4 Å². The summed E-state index contributed by atoms with van der Waals surface area (Å²) in [5.41, 5.74) is 1.06. The Hall–Kier alpha value is -1.99. The summed E-state index contributed by atoms with van der Waals surface area (Å²) in [6, 6.07) is 8.63. The highest BCUT2D eigenvalue weighted by Crippen LogP contribution is 2.10. The summed E-state index contributed by atoms with van der Waals surface area (Å²) in [5.74, 6) is 0.445. The van der Waals surface area contributed by atoms with Crippen LogP contribution in [0.25, 0.3) is 0 Å². The monoisotopic (exact) mass is 294 g/mol. The number of rotatable bonds is 5. The van der Waals surface area contributed by atoms with Crippen LogP contribution >= 0.6 is 0 Å². The number of amides is 1. The van der Waals surface area contributed by atoms with Gasteiger partial charge in [0.25, 0.3) is 5.91 Å². The molecule has 0 aliphatic rings. The molecule has 0 saturated carbocycles. The zero-order chi connectivity index (χ0) is 14.5. The predicted octanol–water partition coefficient (Wildman–Crippen LogP) is 1.97. The number of aromatic nitrogens is 1. The Kier molecular flexibility index (Phi) is 4.65. The number of carbonyl (C=O) groups excluding carboxylic acids is 1. The van der Waals surface area contributed by atoms with Crippen molar-refractivity contribution >= 4 is 22.8 Å². The van der Waals surface area contributed by atoms with Crippen LogP contribution in [-0.4, -0.2) is 21.9 Å². The molecule has 0 aliphatic carbocycles. The number of anilines is 1. The lowest BCUT2D eigenvalue weighted by Gasteiger charge is -2.03. The third kappa shape index (κ3) is 4.01. The van der Waals surface area contributed by atoms with Gasteiger partial charge in [-0.25, -0.2) is 4.21 Å². The number of nitrogens with zero attached hydrogens (tertiary/aromatic N) is 1. The van der Waals surface area contributed by atoms with E-state index in [2.05, 4.69) is 10.5 Å². The van der Waals surface area contributed by atoms with E-state index in [-0.39, 0.29) is 6.61 Å². The van der Waals surface area contributed by atoms with Gasteiger partial charge in [-0.15, -0.1) is 0 Å². The number of hydrogen-bond donors (Lipinski definition) is 1. The molecule has 20 heavy (non-hydrogen) atoms. The minimum atomic E-state index is -1.67. The Morgan fingerprint density at radius 2 is 2.05 bits per heavy atom. The van der Waals surface area contributed by atoms with Gasteiger partial charge in [-0.05, 0) is 26.0 Å². The number of hydrogen-bond acceptors (Lipinski definition) is 5. The smallest absolute Gasteiger partial charge is 0.253 e. The van der Waals surface area contributed by atoms with Crippen molar-refractivity contribution in [3.8, 4) is 0 Å². The van der Waals surface area contributed by atoms with Crippen molar-refractivity contribution in [3.05, 3.63) is 41.7 Å². The second kappa shape index (κ2) is 6.44. The van der Waals surface area contributed by atoms with Crippen molar-refractivity contribution in [3.63, 3.8) is 0 Å². The van der Waals surface area contributed by atoms with Crippen LogP contribution in [0.1, 0.15) is 11.3 Å². The van der Waals surface area contributed by atoms with Crippen LogP contribution in [0.4, 0.5) is 5.82 Å². The van der Waals surface area contributed by atoms with E-state index in [9.17, 15) is 9.00 Å². The molecular weight excluding hydrogens is 280 g/mol. The molecule has 1 aromatic heterocycles. The quantitative estimate of drug-likeness (QED) is 0.911. The third-order valence-electron chi connectivity index (χ3n) is 2.41. The Morgan fingerprint density at radius 1 is 1.35 bits per heavy atom. The minimum Gasteiger partial charge on any atom is -0.360 e. The summed E-state index contributed by atoms with van der Waals surface area (Å²) >= 11 is -1.67. The summed E-state index contributed by atoms with van der Waals surface area (Å²) < 4.78 is 21.6. The van der Waals surface area contributed by atoms with Crippen molar-refractivity contribution in [2.75, 3.05) is 11.9 Å². The molecule has 106 valence electrons. The van der Waals surface area contributed by atoms with Crippen molar-refractivity contribution in [2.24, 2.45) is 0 Å². The first kappa shape index (κ1) is 14.4. The molecule has 1 amide bonds. The number of benzene rings is 1. The first-order valence-electron chi connectivity index (χ1n) is 5.89. The molecule has 7 heteroatoms. The second-order valence-electron chi connectivity index (χ2n) is 4.18. The second-order valence-corrected chi connectivity index (χ2v) is 5.36. The van der Waals surface area contributed by atoms with E-state index in [0.717, 1.165) is 5.56 Å². The maximum absolute atomic E-state index is 11.8. The lowest BCUT2D eigenvalue weighted by Crippen LogP contribution is -2.19. The Bertz CT molecular complexity index is 622. The highest BCUT2D eigenvalue weighted by Gasteiger charge is 2.10. The van der Waals surface area contributed by atoms with Crippen LogP contribution in [0.2, 0.25) is 0 Å². The molecule has 0 spiro atoms. The van der Waals surface area contributed by atoms with Gasteiger partial charge in [0.2, 0.25) is 0 Å². The third-order valence-corrected chi connectivity index (χ3v) is 3.39. The van der Waals surface area contributed by atoms with Gasteiger partial charge in [0.05, 0.1) is 4.90 Å². The van der Waals surface area contributed by atoms with E-state index in [0.29, 0.717) is 16.5 Å². The summed E-state index contributed by atoms with van der Waals surface area (Å²) in [6.45, 7) is 3.32. The average molecular weight is 294 g/mol. The highest BCUT2D eigenvalue weighted by molar-refractivity contribution is 7.80. The molecule has 1 atom stereocenters. The van der Waals surface area contributed by atoms with Gasteiger partial charge in [-0.3, -0.25) is 8.98 Å². The van der Waals surface area contributed by atoms with E-state index in [1.54, 1.807) is 25.1 Å². The molecule has 6 nitrogen and oxygen atoms in total. The number of aryl methyl sites for hydroxylation is 2. The van der Waals surface area contributed by atoms with E-state index in [1.807, 2.05) is 19.1 Å². The van der Waals surface area contributed by atoms with Gasteiger partial charge in [-0.1, -0.05) is 22.9 Å². The standard InChI is InChI=1S/C13H14N2O4S/c1-9-3-5-11(6-4-9)20(17)18-8-13(16)14-12-7-10(2)19-15-12/h3-7H,8H2,1-2H3,(H,14,15,16)/t20-/m0/s1. The maximum atomic E-state index is 11.8. The number of nitrogens with one attached hydrogen (secondary N) is 1. The summed E-state index contributed by atoms with van der Waals surface area (Å²) in [7, 11) is 0. The molecule has 2 rings (SSSR count). The predicted molar refractivity (Wildman–Crippen MR) is 73.4 cm³/mol. The molecule has 0 unspecified atom stereocenters. The van der Waals surface area contributed by atoms with Gasteiger partial charge in [0.15, 0.2) is 16.9 Å². The van der Waals surface area contributed by atoms with Gasteiger partial charge in [-0.2, -0.15) is 0 Å². The van der Waals surface area contributed by atoms with Crippen LogP contribution < -0.4 is 5.32 Å². The lowest BCUT2D eigenvalue weighted by molar-refractivity contribution is -0.117. The molecule has 2 aromatic rings. The van der Waals surface area contributed by atoms with Crippen LogP contribution in [0.3, 0.4) is 0 Å². The van der Waals surface area contributed by atoms with Crippen LogP contribution in [0.5, 0.6) is 0 Å². The first-order chi connectivity index (χ1) is 9.54. The summed E-state index contributed by atoms with van der Waals surface area (Å²) in [5, 5.41) is 6.09. The molecule has 0 saturated heterocycles. The fraction of sp³-hybridized carbons (Fsp3) is 0.231. The normalized spacial score (nSPS) is 12.1. The maximum Gasteiger partial charge on any atom is 0.253 e. The van der Waals surface area contributed by atoms with Crippen molar-refractivity contribution in [1.29, 1.82) is 0 Å². The Labute approximate surface area is 118 Å². The Morgan fingerprint density at radius 3 is 2.65 bits per heavy atom. The van der Waals surface area contributed by atoms with Crippen LogP contribution in [0.15, 0.2) is 39.8 Å². The van der Waals surface area contributed by atoms with Crippen molar-refractivity contribution < 1.29 is 17.7 Å². The minimum absolute atomic E-state index is 0.303. The molecule has 0 aliphatic heterocycles. The number of carbonyl (C=O) groups is 1. The molecule has 0 bridgehead atoms. The zero-order valence-electron chi connectivity index (χ0n) is 11.1. The summed E-state index contributed by atoms with van der Waals surface area (Å²) in [4.78, 5) is 12.1. The van der Waals surface area contributed by atoms with E-state index in [1.165, 1.54) is 0 Å². The fourth-order valence-electron chi connectivity index (χ4n) is 1.43. The zero-order valence-corrected chi connectivity index (χ0v) is 11.9. The highest BCUT2D eigenvalue weighted by atomic mass is 32.2. The largest absolute Gasteiger partial charge is 0.360 e.